The number of methoxy groups -OCH3 is 1. The highest BCUT2D eigenvalue weighted by Crippen LogP contribution is 2.21. The van der Waals surface area contributed by atoms with E-state index in [-0.39, 0.29) is 6.04 Å². The van der Waals surface area contributed by atoms with Gasteiger partial charge >= 0.3 is 0 Å². The molecule has 120 valence electrons. The van der Waals surface area contributed by atoms with E-state index in [4.69, 9.17) is 10.5 Å². The molecule has 0 aliphatic rings. The molecular formula is C18H32N2O. The lowest BCUT2D eigenvalue weighted by atomic mass is 10.0. The van der Waals surface area contributed by atoms with Gasteiger partial charge in [0.2, 0.25) is 0 Å². The number of hydrogen-bond acceptors (Lipinski definition) is 3. The highest BCUT2D eigenvalue weighted by molar-refractivity contribution is 5.48. The highest BCUT2D eigenvalue weighted by atomic mass is 16.5. The van der Waals surface area contributed by atoms with Crippen LogP contribution >= 0.6 is 0 Å². The van der Waals surface area contributed by atoms with Crippen molar-refractivity contribution in [2.24, 2.45) is 5.73 Å². The number of rotatable bonds is 10. The minimum atomic E-state index is 0.263. The number of hydrogen-bond donors (Lipinski definition) is 1. The van der Waals surface area contributed by atoms with Crippen molar-refractivity contribution in [1.82, 2.24) is 0 Å². The van der Waals surface area contributed by atoms with E-state index in [1.807, 2.05) is 0 Å². The van der Waals surface area contributed by atoms with Crippen molar-refractivity contribution in [3.63, 3.8) is 0 Å². The maximum Gasteiger partial charge on any atom is 0.0637 e. The van der Waals surface area contributed by atoms with Crippen LogP contribution in [0.3, 0.4) is 0 Å². The third kappa shape index (κ3) is 5.68. The largest absolute Gasteiger partial charge is 0.383 e. The molecule has 21 heavy (non-hydrogen) atoms. The van der Waals surface area contributed by atoms with Gasteiger partial charge in [-0.15, -0.1) is 0 Å². The van der Waals surface area contributed by atoms with Crippen molar-refractivity contribution in [1.29, 1.82) is 0 Å². The van der Waals surface area contributed by atoms with Crippen LogP contribution in [-0.4, -0.2) is 32.3 Å². The van der Waals surface area contributed by atoms with Gasteiger partial charge < -0.3 is 15.4 Å². The van der Waals surface area contributed by atoms with Crippen LogP contribution in [0.15, 0.2) is 24.3 Å². The maximum absolute atomic E-state index is 6.03. The molecule has 0 radical (unpaired) electrons. The lowest BCUT2D eigenvalue weighted by Gasteiger charge is -2.32. The maximum atomic E-state index is 6.03. The Morgan fingerprint density at radius 1 is 1.05 bits per heavy atom. The van der Waals surface area contributed by atoms with Gasteiger partial charge in [-0.25, -0.2) is 0 Å². The summed E-state index contributed by atoms with van der Waals surface area (Å²) in [4.78, 5) is 2.47. The minimum Gasteiger partial charge on any atom is -0.383 e. The Bertz CT molecular complexity index is 373. The molecule has 3 nitrogen and oxygen atoms in total. The number of anilines is 1. The molecule has 0 saturated heterocycles. The summed E-state index contributed by atoms with van der Waals surface area (Å²) in [5, 5.41) is 0. The van der Waals surface area contributed by atoms with E-state index in [0.29, 0.717) is 6.04 Å². The molecule has 0 heterocycles. The van der Waals surface area contributed by atoms with E-state index in [0.717, 1.165) is 38.8 Å². The van der Waals surface area contributed by atoms with Crippen LogP contribution in [0.4, 0.5) is 5.69 Å². The zero-order chi connectivity index (χ0) is 15.7. The molecule has 0 amide bonds. The highest BCUT2D eigenvalue weighted by Gasteiger charge is 2.15. The van der Waals surface area contributed by atoms with Gasteiger partial charge in [-0.05, 0) is 43.4 Å². The predicted octanol–water partition coefficient (Wildman–Crippen LogP) is 3.61. The van der Waals surface area contributed by atoms with Crippen LogP contribution in [0.2, 0.25) is 0 Å². The summed E-state index contributed by atoms with van der Waals surface area (Å²) >= 11 is 0. The van der Waals surface area contributed by atoms with Crippen LogP contribution in [0.5, 0.6) is 0 Å². The fourth-order valence-corrected chi connectivity index (χ4v) is 2.71. The SMILES string of the molecule is CCC(N)Cc1ccc(N(CCOC)C(CC)CC)cc1. The van der Waals surface area contributed by atoms with E-state index >= 15 is 0 Å². The lowest BCUT2D eigenvalue weighted by molar-refractivity contribution is 0.202. The molecule has 0 aliphatic heterocycles. The van der Waals surface area contributed by atoms with Gasteiger partial charge in [0, 0.05) is 31.4 Å². The quantitative estimate of drug-likeness (QED) is 0.716. The smallest absolute Gasteiger partial charge is 0.0637 e. The molecule has 1 unspecified atom stereocenters. The molecule has 1 aromatic carbocycles. The second kappa shape index (κ2) is 9.80. The molecule has 2 N–H and O–H groups in total. The summed E-state index contributed by atoms with van der Waals surface area (Å²) in [6, 6.07) is 9.72. The van der Waals surface area contributed by atoms with Gasteiger partial charge in [0.25, 0.3) is 0 Å². The van der Waals surface area contributed by atoms with E-state index in [1.54, 1.807) is 7.11 Å². The minimum absolute atomic E-state index is 0.263. The zero-order valence-corrected chi connectivity index (χ0v) is 14.1. The van der Waals surface area contributed by atoms with Crippen molar-refractivity contribution < 1.29 is 4.74 Å². The fourth-order valence-electron chi connectivity index (χ4n) is 2.71. The molecule has 0 bridgehead atoms. The Kier molecular flexibility index (Phi) is 8.40. The van der Waals surface area contributed by atoms with Crippen molar-refractivity contribution in [2.45, 2.75) is 58.5 Å². The van der Waals surface area contributed by atoms with Gasteiger partial charge in [0.1, 0.15) is 0 Å². The first-order valence-electron chi connectivity index (χ1n) is 8.26. The van der Waals surface area contributed by atoms with Crippen molar-refractivity contribution in [3.8, 4) is 0 Å². The van der Waals surface area contributed by atoms with E-state index in [9.17, 15) is 0 Å². The van der Waals surface area contributed by atoms with E-state index in [1.165, 1.54) is 11.3 Å². The molecular weight excluding hydrogens is 260 g/mol. The third-order valence-electron chi connectivity index (χ3n) is 4.21. The summed E-state index contributed by atoms with van der Waals surface area (Å²) in [5.74, 6) is 0. The Morgan fingerprint density at radius 3 is 2.14 bits per heavy atom. The Labute approximate surface area is 130 Å². The van der Waals surface area contributed by atoms with E-state index < -0.39 is 0 Å². The van der Waals surface area contributed by atoms with Crippen molar-refractivity contribution in [2.75, 3.05) is 25.2 Å². The monoisotopic (exact) mass is 292 g/mol. The zero-order valence-electron chi connectivity index (χ0n) is 14.1. The molecule has 0 fully saturated rings. The number of nitrogens with two attached hydrogens (primary N) is 1. The molecule has 0 aromatic heterocycles. The Morgan fingerprint density at radius 2 is 1.67 bits per heavy atom. The summed E-state index contributed by atoms with van der Waals surface area (Å²) in [6.07, 6.45) is 4.29. The molecule has 0 saturated carbocycles. The average Bonchev–Trinajstić information content (AvgIpc) is 2.52. The van der Waals surface area contributed by atoms with Gasteiger partial charge in [-0.3, -0.25) is 0 Å². The van der Waals surface area contributed by atoms with Gasteiger partial charge in [-0.1, -0.05) is 32.9 Å². The van der Waals surface area contributed by atoms with E-state index in [2.05, 4.69) is 49.9 Å². The van der Waals surface area contributed by atoms with Crippen LogP contribution in [0.1, 0.15) is 45.6 Å². The van der Waals surface area contributed by atoms with Gasteiger partial charge in [-0.2, -0.15) is 0 Å². The molecule has 1 rings (SSSR count). The Hall–Kier alpha value is -1.06. The lowest BCUT2D eigenvalue weighted by Crippen LogP contribution is -2.37. The van der Waals surface area contributed by atoms with Crippen LogP contribution in [-0.2, 0) is 11.2 Å². The molecule has 0 aliphatic carbocycles. The first kappa shape index (κ1) is 18.0. The normalized spacial score (nSPS) is 12.7. The first-order chi connectivity index (χ1) is 10.2. The molecule has 3 heteroatoms. The average molecular weight is 292 g/mol. The summed E-state index contributed by atoms with van der Waals surface area (Å²) in [5.41, 5.74) is 8.64. The number of nitrogens with zero attached hydrogens (tertiary/aromatic N) is 1. The fraction of sp³-hybridized carbons (Fsp3) is 0.667. The summed E-state index contributed by atoms with van der Waals surface area (Å²) in [7, 11) is 1.76. The molecule has 1 aromatic rings. The topological polar surface area (TPSA) is 38.5 Å². The standard InChI is InChI=1S/C18H32N2O/c1-5-16(19)14-15-8-10-18(11-9-15)20(12-13-21-4)17(6-2)7-3/h8-11,16-17H,5-7,12-14,19H2,1-4H3. The predicted molar refractivity (Wildman–Crippen MR) is 92.0 cm³/mol. The number of ether oxygens (including phenoxy) is 1. The molecule has 0 spiro atoms. The molecule has 1 atom stereocenters. The van der Waals surface area contributed by atoms with Crippen LogP contribution < -0.4 is 10.6 Å². The number of benzene rings is 1. The first-order valence-corrected chi connectivity index (χ1v) is 8.26. The van der Waals surface area contributed by atoms with Crippen LogP contribution in [0, 0.1) is 0 Å². The second-order valence-corrected chi connectivity index (χ2v) is 5.70. The second-order valence-electron chi connectivity index (χ2n) is 5.70. The van der Waals surface area contributed by atoms with Crippen molar-refractivity contribution >= 4 is 5.69 Å². The summed E-state index contributed by atoms with van der Waals surface area (Å²) in [6.45, 7) is 8.35. The third-order valence-corrected chi connectivity index (χ3v) is 4.21. The van der Waals surface area contributed by atoms with Gasteiger partial charge in [0.15, 0.2) is 0 Å². The van der Waals surface area contributed by atoms with Gasteiger partial charge in [0.05, 0.1) is 6.61 Å². The van der Waals surface area contributed by atoms with Crippen molar-refractivity contribution in [3.05, 3.63) is 29.8 Å². The Balaban J connectivity index is 2.82. The summed E-state index contributed by atoms with van der Waals surface area (Å²) < 4.78 is 5.27. The van der Waals surface area contributed by atoms with Crippen LogP contribution in [0.25, 0.3) is 0 Å².